The quantitative estimate of drug-likeness (QED) is 0.824. The summed E-state index contributed by atoms with van der Waals surface area (Å²) in [6, 6.07) is 2.56. The molecule has 94 valence electrons. The van der Waals surface area contributed by atoms with Crippen molar-refractivity contribution in [3.63, 3.8) is 0 Å². The van der Waals surface area contributed by atoms with Gasteiger partial charge < -0.3 is 15.4 Å². The molecule has 0 amide bonds. The van der Waals surface area contributed by atoms with Gasteiger partial charge in [0.15, 0.2) is 11.6 Å². The van der Waals surface area contributed by atoms with Crippen LogP contribution in [0.3, 0.4) is 0 Å². The second kappa shape index (κ2) is 4.87. The molecule has 2 rings (SSSR count). The minimum atomic E-state index is -1.01. The summed E-state index contributed by atoms with van der Waals surface area (Å²) in [6.45, 7) is 1.34. The van der Waals surface area contributed by atoms with Crippen LogP contribution in [0.1, 0.15) is 12.8 Å². The average Bonchev–Trinajstić information content (AvgIpc) is 2.70. The summed E-state index contributed by atoms with van der Waals surface area (Å²) < 4.78 is 31.8. The van der Waals surface area contributed by atoms with E-state index in [0.29, 0.717) is 6.61 Å². The Morgan fingerprint density at radius 3 is 2.88 bits per heavy atom. The van der Waals surface area contributed by atoms with E-state index in [2.05, 4.69) is 4.90 Å². The van der Waals surface area contributed by atoms with Crippen molar-refractivity contribution in [2.24, 2.45) is 0 Å². The van der Waals surface area contributed by atoms with Crippen molar-refractivity contribution in [2.45, 2.75) is 18.9 Å². The minimum Gasteiger partial charge on any atom is -0.487 e. The van der Waals surface area contributed by atoms with E-state index < -0.39 is 11.6 Å². The maximum atomic E-state index is 13.4. The van der Waals surface area contributed by atoms with Gasteiger partial charge in [-0.1, -0.05) is 0 Å². The smallest absolute Gasteiger partial charge is 0.202 e. The standard InChI is InChI=1S/C12H16F2N2O/c1-16-6-2-3-8(16)7-17-12-10(15)5-4-9(13)11(12)14/h4-5,8H,2-3,6-7,15H2,1H3. The van der Waals surface area contributed by atoms with Gasteiger partial charge in [0.1, 0.15) is 6.61 Å². The third kappa shape index (κ3) is 2.49. The van der Waals surface area contributed by atoms with Crippen LogP contribution in [0.4, 0.5) is 14.5 Å². The third-order valence-corrected chi connectivity index (χ3v) is 3.17. The molecule has 1 saturated heterocycles. The van der Waals surface area contributed by atoms with Crippen molar-refractivity contribution in [3.05, 3.63) is 23.8 Å². The summed E-state index contributed by atoms with van der Waals surface area (Å²) in [5.74, 6) is -2.12. The van der Waals surface area contributed by atoms with Crippen molar-refractivity contribution in [3.8, 4) is 5.75 Å². The Hall–Kier alpha value is -1.36. The summed E-state index contributed by atoms with van der Waals surface area (Å²) >= 11 is 0. The van der Waals surface area contributed by atoms with Crippen LogP contribution in [-0.2, 0) is 0 Å². The lowest BCUT2D eigenvalue weighted by Gasteiger charge is -2.20. The SMILES string of the molecule is CN1CCCC1COc1c(N)ccc(F)c1F. The molecule has 0 spiro atoms. The van der Waals surface area contributed by atoms with Crippen LogP contribution in [0.15, 0.2) is 12.1 Å². The van der Waals surface area contributed by atoms with Crippen LogP contribution in [0.5, 0.6) is 5.75 Å². The Labute approximate surface area is 99.2 Å². The molecule has 5 heteroatoms. The lowest BCUT2D eigenvalue weighted by molar-refractivity contribution is 0.192. The third-order valence-electron chi connectivity index (χ3n) is 3.17. The van der Waals surface area contributed by atoms with E-state index in [1.165, 1.54) is 6.07 Å². The molecule has 0 bridgehead atoms. The first-order valence-corrected chi connectivity index (χ1v) is 5.66. The van der Waals surface area contributed by atoms with Crippen LogP contribution in [0, 0.1) is 11.6 Å². The Morgan fingerprint density at radius 1 is 1.47 bits per heavy atom. The van der Waals surface area contributed by atoms with Crippen molar-refractivity contribution in [1.29, 1.82) is 0 Å². The average molecular weight is 242 g/mol. The van der Waals surface area contributed by atoms with Crippen LogP contribution in [-0.4, -0.2) is 31.1 Å². The summed E-state index contributed by atoms with van der Waals surface area (Å²) in [5, 5.41) is 0. The molecule has 3 nitrogen and oxygen atoms in total. The maximum Gasteiger partial charge on any atom is 0.202 e. The monoisotopic (exact) mass is 242 g/mol. The first-order chi connectivity index (χ1) is 8.09. The molecule has 1 aliphatic heterocycles. The molecule has 1 aromatic rings. The summed E-state index contributed by atoms with van der Waals surface area (Å²) in [7, 11) is 1.99. The second-order valence-electron chi connectivity index (χ2n) is 4.37. The Morgan fingerprint density at radius 2 is 2.24 bits per heavy atom. The number of hydrogen-bond acceptors (Lipinski definition) is 3. The number of halogens is 2. The largest absolute Gasteiger partial charge is 0.487 e. The summed E-state index contributed by atoms with van der Waals surface area (Å²) in [5.41, 5.74) is 5.69. The van der Waals surface area contributed by atoms with E-state index in [0.717, 1.165) is 25.5 Å². The fourth-order valence-electron chi connectivity index (χ4n) is 2.06. The molecule has 0 radical (unpaired) electrons. The maximum absolute atomic E-state index is 13.4. The zero-order chi connectivity index (χ0) is 12.4. The van der Waals surface area contributed by atoms with Crippen molar-refractivity contribution in [1.82, 2.24) is 4.90 Å². The van der Waals surface area contributed by atoms with Gasteiger partial charge in [-0.25, -0.2) is 4.39 Å². The number of nitrogens with two attached hydrogens (primary N) is 1. The van der Waals surface area contributed by atoms with E-state index in [-0.39, 0.29) is 17.5 Å². The Kier molecular flexibility index (Phi) is 3.47. The molecule has 1 heterocycles. The number of anilines is 1. The molecule has 1 aromatic carbocycles. The molecule has 0 aromatic heterocycles. The summed E-state index contributed by atoms with van der Waals surface area (Å²) in [6.07, 6.45) is 2.11. The van der Waals surface area contributed by atoms with Gasteiger partial charge in [0.2, 0.25) is 5.82 Å². The van der Waals surface area contributed by atoms with Gasteiger partial charge in [-0.2, -0.15) is 4.39 Å². The van der Waals surface area contributed by atoms with E-state index >= 15 is 0 Å². The number of ether oxygens (including phenoxy) is 1. The number of likely N-dealkylation sites (N-methyl/N-ethyl adjacent to an activating group) is 1. The van der Waals surface area contributed by atoms with Crippen molar-refractivity contribution < 1.29 is 13.5 Å². The van der Waals surface area contributed by atoms with Crippen LogP contribution >= 0.6 is 0 Å². The highest BCUT2D eigenvalue weighted by Crippen LogP contribution is 2.28. The molecule has 17 heavy (non-hydrogen) atoms. The normalized spacial score (nSPS) is 20.8. The van der Waals surface area contributed by atoms with Gasteiger partial charge in [-0.15, -0.1) is 0 Å². The Balaban J connectivity index is 2.06. The highest BCUT2D eigenvalue weighted by atomic mass is 19.2. The Bertz CT molecular complexity index is 412. The number of likely N-dealkylation sites (tertiary alicyclic amines) is 1. The zero-order valence-corrected chi connectivity index (χ0v) is 9.75. The number of nitrogen functional groups attached to an aromatic ring is 1. The predicted octanol–water partition coefficient (Wildman–Crippen LogP) is 2.02. The minimum absolute atomic E-state index is 0.129. The highest BCUT2D eigenvalue weighted by molar-refractivity contribution is 5.53. The van der Waals surface area contributed by atoms with Crippen LogP contribution in [0.2, 0.25) is 0 Å². The molecular formula is C12H16F2N2O. The molecule has 1 aliphatic rings. The fourth-order valence-corrected chi connectivity index (χ4v) is 2.06. The molecular weight excluding hydrogens is 226 g/mol. The zero-order valence-electron chi connectivity index (χ0n) is 9.75. The van der Waals surface area contributed by atoms with Crippen LogP contribution in [0.25, 0.3) is 0 Å². The summed E-state index contributed by atoms with van der Waals surface area (Å²) in [4.78, 5) is 2.15. The highest BCUT2D eigenvalue weighted by Gasteiger charge is 2.22. The lowest BCUT2D eigenvalue weighted by Crippen LogP contribution is -2.30. The predicted molar refractivity (Wildman–Crippen MR) is 61.9 cm³/mol. The number of benzene rings is 1. The first kappa shape index (κ1) is 12.1. The van der Waals surface area contributed by atoms with Crippen molar-refractivity contribution >= 4 is 5.69 Å². The molecule has 0 aliphatic carbocycles. The van der Waals surface area contributed by atoms with E-state index in [1.807, 2.05) is 7.05 Å². The molecule has 1 fully saturated rings. The van der Waals surface area contributed by atoms with Gasteiger partial charge in [0.05, 0.1) is 5.69 Å². The number of hydrogen-bond donors (Lipinski definition) is 1. The van der Waals surface area contributed by atoms with Gasteiger partial charge in [0.25, 0.3) is 0 Å². The fraction of sp³-hybridized carbons (Fsp3) is 0.500. The van der Waals surface area contributed by atoms with E-state index in [1.54, 1.807) is 0 Å². The number of rotatable bonds is 3. The first-order valence-electron chi connectivity index (χ1n) is 5.66. The number of nitrogens with zero attached hydrogens (tertiary/aromatic N) is 1. The van der Waals surface area contributed by atoms with Crippen LogP contribution < -0.4 is 10.5 Å². The van der Waals surface area contributed by atoms with Gasteiger partial charge in [0, 0.05) is 6.04 Å². The van der Waals surface area contributed by atoms with Gasteiger partial charge >= 0.3 is 0 Å². The van der Waals surface area contributed by atoms with Gasteiger partial charge in [-0.3, -0.25) is 0 Å². The van der Waals surface area contributed by atoms with Gasteiger partial charge in [-0.05, 0) is 38.6 Å². The molecule has 2 N–H and O–H groups in total. The molecule has 1 atom stereocenters. The molecule has 0 saturated carbocycles. The topological polar surface area (TPSA) is 38.5 Å². The molecule has 1 unspecified atom stereocenters. The second-order valence-corrected chi connectivity index (χ2v) is 4.37. The van der Waals surface area contributed by atoms with E-state index in [4.69, 9.17) is 10.5 Å². The van der Waals surface area contributed by atoms with E-state index in [9.17, 15) is 8.78 Å². The lowest BCUT2D eigenvalue weighted by atomic mass is 10.2. The van der Waals surface area contributed by atoms with Crippen molar-refractivity contribution in [2.75, 3.05) is 25.9 Å².